The second kappa shape index (κ2) is 18.9. The summed E-state index contributed by atoms with van der Waals surface area (Å²) < 4.78 is 12.1. The van der Waals surface area contributed by atoms with Crippen LogP contribution in [0.4, 0.5) is 0 Å². The Hall–Kier alpha value is -4.94. The molecule has 10 nitrogen and oxygen atoms in total. The molecule has 0 saturated carbocycles. The Bertz CT molecular complexity index is 1840. The summed E-state index contributed by atoms with van der Waals surface area (Å²) in [5, 5.41) is 24.3. The van der Waals surface area contributed by atoms with Crippen LogP contribution in [-0.2, 0) is 19.1 Å². The smallest absolute Gasteiger partial charge is 0.334 e. The fraction of sp³-hybridized carbons (Fsp3) is 0.286. The van der Waals surface area contributed by atoms with E-state index in [-0.39, 0.29) is 34.9 Å². The number of nitro groups is 2. The summed E-state index contributed by atoms with van der Waals surface area (Å²) in [5.74, 6) is -2.91. The molecule has 12 heteroatoms. The molecule has 6 rings (SSSR count). The summed E-state index contributed by atoms with van der Waals surface area (Å²) in [4.78, 5) is 48.8. The van der Waals surface area contributed by atoms with Gasteiger partial charge in [0.15, 0.2) is 0 Å². The molecule has 2 aliphatic rings. The molecule has 0 saturated heterocycles. The molecule has 0 bridgehead atoms. The van der Waals surface area contributed by atoms with E-state index < -0.39 is 35.9 Å². The first kappa shape index (κ1) is 40.2. The van der Waals surface area contributed by atoms with Crippen molar-refractivity contribution >= 4 is 43.8 Å². The van der Waals surface area contributed by atoms with E-state index in [0.29, 0.717) is 24.0 Å². The van der Waals surface area contributed by atoms with Crippen molar-refractivity contribution in [2.24, 2.45) is 0 Å². The van der Waals surface area contributed by atoms with Crippen molar-refractivity contribution < 1.29 is 28.9 Å². The van der Waals surface area contributed by atoms with Gasteiger partial charge in [0.1, 0.15) is 0 Å². The molecular weight excluding hydrogens is 820 g/mol. The third-order valence-corrected chi connectivity index (χ3v) is 10.8. The lowest BCUT2D eigenvalue weighted by molar-refractivity contribution is -0.530. The molecule has 0 amide bonds. The SMILES string of the molecule is CCOC(=O)C1=CC[C@@H](c2ccccc2)[C@H]([N+](=O)[O-])[C@@H]1c1ccc(Br)cc1.CCOC(=O)C1=CC[C@@H](c2ccccc2)[C@H]([N+](=O)[O-])[C@@H]1c1ccc(Br)cc1. The zero-order valence-corrected chi connectivity index (χ0v) is 32.9. The Morgan fingerprint density at radius 1 is 0.574 bits per heavy atom. The van der Waals surface area contributed by atoms with Crippen molar-refractivity contribution in [2.75, 3.05) is 13.2 Å². The third kappa shape index (κ3) is 9.40. The average Bonchev–Trinajstić information content (AvgIpc) is 3.18. The number of carbonyl (C=O) groups excluding carboxylic acids is 2. The average molecular weight is 861 g/mol. The molecule has 4 aromatic carbocycles. The van der Waals surface area contributed by atoms with Gasteiger partial charge in [0.25, 0.3) is 0 Å². The molecule has 0 heterocycles. The molecule has 0 radical (unpaired) electrons. The maximum Gasteiger partial charge on any atom is 0.334 e. The lowest BCUT2D eigenvalue weighted by Crippen LogP contribution is -2.39. The number of hydrogen-bond donors (Lipinski definition) is 0. The summed E-state index contributed by atoms with van der Waals surface area (Å²) >= 11 is 6.78. The van der Waals surface area contributed by atoms with E-state index in [9.17, 15) is 29.8 Å². The minimum Gasteiger partial charge on any atom is -0.463 e. The zero-order valence-electron chi connectivity index (χ0n) is 29.8. The topological polar surface area (TPSA) is 139 Å². The number of allylic oxidation sites excluding steroid dienone is 2. The number of nitrogens with zero attached hydrogens (tertiary/aromatic N) is 2. The van der Waals surface area contributed by atoms with E-state index in [1.165, 1.54) is 0 Å². The lowest BCUT2D eigenvalue weighted by Gasteiger charge is -2.32. The minimum atomic E-state index is -0.946. The number of esters is 2. The first-order valence-corrected chi connectivity index (χ1v) is 19.3. The van der Waals surface area contributed by atoms with Crippen LogP contribution in [0.5, 0.6) is 0 Å². The molecule has 4 aromatic rings. The van der Waals surface area contributed by atoms with Crippen LogP contribution in [0.25, 0.3) is 0 Å². The van der Waals surface area contributed by atoms with E-state index in [4.69, 9.17) is 9.47 Å². The van der Waals surface area contributed by atoms with Crippen LogP contribution in [0.1, 0.15) is 72.6 Å². The van der Waals surface area contributed by atoms with Gasteiger partial charge in [0.05, 0.1) is 36.9 Å². The molecule has 54 heavy (non-hydrogen) atoms. The fourth-order valence-corrected chi connectivity index (χ4v) is 7.95. The molecule has 0 aromatic heterocycles. The van der Waals surface area contributed by atoms with Gasteiger partial charge >= 0.3 is 11.9 Å². The standard InChI is InChI=1S/2C21H20BrNO4/c2*1-2-27-21(24)18-13-12-17(14-6-4-3-5-7-14)20(23(25)26)19(18)15-8-10-16(22)11-9-15/h2*3-11,13,17,19-20H,2,12H2,1H3/t2*17-,19+,20-/m00/s1. The fourth-order valence-electron chi connectivity index (χ4n) is 7.42. The highest BCUT2D eigenvalue weighted by atomic mass is 79.9. The summed E-state index contributed by atoms with van der Waals surface area (Å²) in [6, 6.07) is 31.7. The molecule has 280 valence electrons. The van der Waals surface area contributed by atoms with Gasteiger partial charge in [-0.3, -0.25) is 20.2 Å². The second-order valence-corrected chi connectivity index (χ2v) is 14.7. The maximum atomic E-state index is 12.5. The monoisotopic (exact) mass is 858 g/mol. The third-order valence-electron chi connectivity index (χ3n) is 9.78. The number of carbonyl (C=O) groups is 2. The Kier molecular flexibility index (Phi) is 14.1. The van der Waals surface area contributed by atoms with Crippen LogP contribution in [0.3, 0.4) is 0 Å². The molecule has 0 fully saturated rings. The lowest BCUT2D eigenvalue weighted by atomic mass is 9.71. The minimum absolute atomic E-state index is 0.231. The first-order valence-electron chi connectivity index (χ1n) is 17.7. The number of hydrogen-bond acceptors (Lipinski definition) is 8. The molecule has 2 aliphatic carbocycles. The summed E-state index contributed by atoms with van der Waals surface area (Å²) in [6.07, 6.45) is 4.47. The van der Waals surface area contributed by atoms with E-state index in [2.05, 4.69) is 31.9 Å². The Balaban J connectivity index is 0.000000208. The van der Waals surface area contributed by atoms with E-state index >= 15 is 0 Å². The van der Waals surface area contributed by atoms with Gasteiger partial charge in [-0.15, -0.1) is 0 Å². The second-order valence-electron chi connectivity index (χ2n) is 12.9. The molecule has 6 atom stereocenters. The molecule has 0 unspecified atom stereocenters. The van der Waals surface area contributed by atoms with Crippen molar-refractivity contribution in [2.45, 2.75) is 62.4 Å². The van der Waals surface area contributed by atoms with Gasteiger partial charge in [0, 0.05) is 29.9 Å². The number of benzene rings is 4. The highest BCUT2D eigenvalue weighted by molar-refractivity contribution is 9.10. The number of halogens is 2. The zero-order chi connectivity index (χ0) is 38.8. The normalized spacial score (nSPS) is 22.0. The number of rotatable bonds is 10. The van der Waals surface area contributed by atoms with Crippen LogP contribution >= 0.6 is 31.9 Å². The van der Waals surface area contributed by atoms with Crippen molar-refractivity contribution in [3.8, 4) is 0 Å². The van der Waals surface area contributed by atoms with Crippen LogP contribution in [0.2, 0.25) is 0 Å². The predicted octanol–water partition coefficient (Wildman–Crippen LogP) is 9.71. The van der Waals surface area contributed by atoms with Gasteiger partial charge in [-0.05, 0) is 73.2 Å². The summed E-state index contributed by atoms with van der Waals surface area (Å²) in [6.45, 7) is 3.92. The van der Waals surface area contributed by atoms with E-state index in [1.807, 2.05) is 121 Å². The molecule has 0 spiro atoms. The van der Waals surface area contributed by atoms with Crippen LogP contribution in [-0.4, -0.2) is 47.1 Å². The predicted molar refractivity (Wildman–Crippen MR) is 212 cm³/mol. The van der Waals surface area contributed by atoms with Crippen molar-refractivity contribution in [1.29, 1.82) is 0 Å². The van der Waals surface area contributed by atoms with Crippen molar-refractivity contribution in [3.05, 3.63) is 184 Å². The Labute approximate surface area is 330 Å². The molecule has 0 aliphatic heterocycles. The van der Waals surface area contributed by atoms with Gasteiger partial charge < -0.3 is 9.47 Å². The molecule has 0 N–H and O–H groups in total. The van der Waals surface area contributed by atoms with Gasteiger partial charge in [-0.1, -0.05) is 129 Å². The van der Waals surface area contributed by atoms with Gasteiger partial charge in [-0.25, -0.2) is 9.59 Å². The van der Waals surface area contributed by atoms with Crippen LogP contribution in [0, 0.1) is 20.2 Å². The highest BCUT2D eigenvalue weighted by Gasteiger charge is 2.48. The first-order chi connectivity index (χ1) is 26.0. The van der Waals surface area contributed by atoms with Gasteiger partial charge in [0.2, 0.25) is 12.1 Å². The van der Waals surface area contributed by atoms with Crippen molar-refractivity contribution in [3.63, 3.8) is 0 Å². The van der Waals surface area contributed by atoms with E-state index in [0.717, 1.165) is 31.2 Å². The number of ether oxygens (including phenoxy) is 2. The van der Waals surface area contributed by atoms with Gasteiger partial charge in [-0.2, -0.15) is 0 Å². The van der Waals surface area contributed by atoms with Crippen LogP contribution < -0.4 is 0 Å². The summed E-state index contributed by atoms with van der Waals surface area (Å²) in [7, 11) is 0. The Morgan fingerprint density at radius 2 is 0.907 bits per heavy atom. The summed E-state index contributed by atoms with van der Waals surface area (Å²) in [5.41, 5.74) is 4.02. The van der Waals surface area contributed by atoms with Crippen molar-refractivity contribution in [1.82, 2.24) is 0 Å². The van der Waals surface area contributed by atoms with Crippen LogP contribution in [0.15, 0.2) is 141 Å². The highest BCUT2D eigenvalue weighted by Crippen LogP contribution is 2.45. The molecular formula is C42H40Br2N2O8. The Morgan fingerprint density at radius 3 is 1.20 bits per heavy atom. The largest absolute Gasteiger partial charge is 0.463 e. The maximum absolute atomic E-state index is 12.5. The van der Waals surface area contributed by atoms with E-state index in [1.54, 1.807) is 13.8 Å². The quantitative estimate of drug-likeness (QED) is 0.0873.